The zero-order valence-electron chi connectivity index (χ0n) is 13.0. The van der Waals surface area contributed by atoms with Crippen molar-refractivity contribution in [3.63, 3.8) is 0 Å². The number of rotatable bonds is 7. The molecule has 9 heteroatoms. The van der Waals surface area contributed by atoms with Crippen molar-refractivity contribution in [2.24, 2.45) is 5.10 Å². The van der Waals surface area contributed by atoms with Crippen molar-refractivity contribution in [3.05, 3.63) is 51.8 Å². The Labute approximate surface area is 137 Å². The van der Waals surface area contributed by atoms with Crippen LogP contribution in [0.1, 0.15) is 11.3 Å². The fourth-order valence-corrected chi connectivity index (χ4v) is 1.89. The highest BCUT2D eigenvalue weighted by Gasteiger charge is 2.11. The van der Waals surface area contributed by atoms with Crippen molar-refractivity contribution < 1.29 is 23.6 Å². The van der Waals surface area contributed by atoms with E-state index in [1.165, 1.54) is 32.6 Å². The van der Waals surface area contributed by atoms with Gasteiger partial charge in [-0.25, -0.2) is 5.43 Å². The third-order valence-electron chi connectivity index (χ3n) is 2.99. The summed E-state index contributed by atoms with van der Waals surface area (Å²) in [4.78, 5) is 21.7. The monoisotopic (exact) mass is 333 g/mol. The topological polar surface area (TPSA) is 116 Å². The second kappa shape index (κ2) is 7.77. The number of furan rings is 1. The van der Waals surface area contributed by atoms with E-state index >= 15 is 0 Å². The van der Waals surface area contributed by atoms with Gasteiger partial charge in [0.25, 0.3) is 0 Å². The lowest BCUT2D eigenvalue weighted by atomic mass is 10.1. The first-order chi connectivity index (χ1) is 11.5. The smallest absolute Gasteiger partial charge is 0.433 e. The number of nitro groups is 1. The first kappa shape index (κ1) is 17.0. The van der Waals surface area contributed by atoms with Gasteiger partial charge >= 0.3 is 5.88 Å². The summed E-state index contributed by atoms with van der Waals surface area (Å²) in [6.45, 7) is 0. The number of benzene rings is 1. The number of carbonyl (C=O) groups is 1. The minimum Gasteiger partial charge on any atom is -0.493 e. The maximum absolute atomic E-state index is 11.8. The molecule has 24 heavy (non-hydrogen) atoms. The summed E-state index contributed by atoms with van der Waals surface area (Å²) >= 11 is 0. The summed E-state index contributed by atoms with van der Waals surface area (Å²) < 4.78 is 15.2. The quantitative estimate of drug-likeness (QED) is 0.470. The van der Waals surface area contributed by atoms with Gasteiger partial charge in [-0.1, -0.05) is 6.07 Å². The Hall–Kier alpha value is -3.36. The Morgan fingerprint density at radius 2 is 2.04 bits per heavy atom. The second-order valence-electron chi connectivity index (χ2n) is 4.59. The largest absolute Gasteiger partial charge is 0.493 e. The molecule has 0 atom stereocenters. The number of methoxy groups -OCH3 is 2. The lowest BCUT2D eigenvalue weighted by Gasteiger charge is -2.09. The van der Waals surface area contributed by atoms with Crippen LogP contribution in [0.25, 0.3) is 0 Å². The molecule has 1 heterocycles. The summed E-state index contributed by atoms with van der Waals surface area (Å²) in [5.41, 5.74) is 3.03. The zero-order valence-corrected chi connectivity index (χ0v) is 13.0. The molecule has 0 bridgehead atoms. The lowest BCUT2D eigenvalue weighted by Crippen LogP contribution is -2.19. The van der Waals surface area contributed by atoms with Gasteiger partial charge < -0.3 is 13.9 Å². The second-order valence-corrected chi connectivity index (χ2v) is 4.59. The number of hydrogen-bond acceptors (Lipinski definition) is 7. The van der Waals surface area contributed by atoms with Gasteiger partial charge in [0.15, 0.2) is 17.3 Å². The molecular formula is C15H15N3O6. The van der Waals surface area contributed by atoms with E-state index in [2.05, 4.69) is 10.5 Å². The van der Waals surface area contributed by atoms with Crippen molar-refractivity contribution >= 4 is 18.0 Å². The van der Waals surface area contributed by atoms with Crippen molar-refractivity contribution in [1.82, 2.24) is 5.43 Å². The van der Waals surface area contributed by atoms with E-state index in [1.807, 2.05) is 0 Å². The van der Waals surface area contributed by atoms with Gasteiger partial charge in [-0.3, -0.25) is 14.9 Å². The summed E-state index contributed by atoms with van der Waals surface area (Å²) in [5, 5.41) is 14.2. The number of nitrogens with zero attached hydrogens (tertiary/aromatic N) is 2. The molecule has 126 valence electrons. The van der Waals surface area contributed by atoms with E-state index in [4.69, 9.17) is 13.9 Å². The van der Waals surface area contributed by atoms with Crippen LogP contribution in [0.5, 0.6) is 11.5 Å². The molecule has 1 N–H and O–H groups in total. The molecule has 0 aliphatic rings. The highest BCUT2D eigenvalue weighted by Crippen LogP contribution is 2.27. The highest BCUT2D eigenvalue weighted by molar-refractivity contribution is 5.82. The van der Waals surface area contributed by atoms with Crippen molar-refractivity contribution in [3.8, 4) is 11.5 Å². The molecule has 1 aromatic heterocycles. The van der Waals surface area contributed by atoms with E-state index in [1.54, 1.807) is 18.2 Å². The molecule has 0 fully saturated rings. The molecule has 1 aromatic carbocycles. The van der Waals surface area contributed by atoms with Crippen LogP contribution in [0.3, 0.4) is 0 Å². The van der Waals surface area contributed by atoms with Gasteiger partial charge in [-0.15, -0.1) is 0 Å². The standard InChI is InChI=1S/C15H15N3O6/c1-22-12-5-3-10(7-13(12)23-2)8-14(19)17-16-9-11-4-6-15(24-11)18(20)21/h3-7,9H,8H2,1-2H3,(H,17,19)/b16-9-. The first-order valence-corrected chi connectivity index (χ1v) is 6.80. The molecule has 0 saturated carbocycles. The Bertz CT molecular complexity index is 768. The van der Waals surface area contributed by atoms with Gasteiger partial charge in [0.1, 0.15) is 4.92 Å². The number of carbonyl (C=O) groups excluding carboxylic acids is 1. The van der Waals surface area contributed by atoms with Crippen LogP contribution in [-0.2, 0) is 11.2 Å². The highest BCUT2D eigenvalue weighted by atomic mass is 16.6. The number of nitrogens with one attached hydrogen (secondary N) is 1. The molecule has 0 unspecified atom stereocenters. The summed E-state index contributed by atoms with van der Waals surface area (Å²) in [7, 11) is 3.03. The summed E-state index contributed by atoms with van der Waals surface area (Å²) in [6, 6.07) is 7.71. The maximum atomic E-state index is 11.8. The molecular weight excluding hydrogens is 318 g/mol. The van der Waals surface area contributed by atoms with Gasteiger partial charge in [0.2, 0.25) is 5.91 Å². The van der Waals surface area contributed by atoms with Crippen LogP contribution in [0.15, 0.2) is 39.9 Å². The first-order valence-electron chi connectivity index (χ1n) is 6.80. The van der Waals surface area contributed by atoms with Crippen LogP contribution in [0.2, 0.25) is 0 Å². The molecule has 2 aromatic rings. The van der Waals surface area contributed by atoms with Crippen LogP contribution in [-0.4, -0.2) is 31.3 Å². The number of hydrogen-bond donors (Lipinski definition) is 1. The van der Waals surface area contributed by atoms with Crippen LogP contribution >= 0.6 is 0 Å². The maximum Gasteiger partial charge on any atom is 0.433 e. The van der Waals surface area contributed by atoms with Crippen LogP contribution in [0, 0.1) is 10.1 Å². The molecule has 0 aliphatic carbocycles. The minimum absolute atomic E-state index is 0.0794. The van der Waals surface area contributed by atoms with Crippen molar-refractivity contribution in [2.45, 2.75) is 6.42 Å². The summed E-state index contributed by atoms with van der Waals surface area (Å²) in [6.07, 6.45) is 1.26. The van der Waals surface area contributed by atoms with Crippen LogP contribution < -0.4 is 14.9 Å². The zero-order chi connectivity index (χ0) is 17.5. The van der Waals surface area contributed by atoms with Crippen LogP contribution in [0.4, 0.5) is 5.88 Å². The molecule has 1 amide bonds. The average Bonchev–Trinajstić information content (AvgIpc) is 3.04. The van der Waals surface area contributed by atoms with E-state index in [9.17, 15) is 14.9 Å². The predicted molar refractivity (Wildman–Crippen MR) is 84.3 cm³/mol. The Morgan fingerprint density at radius 1 is 1.29 bits per heavy atom. The van der Waals surface area contributed by atoms with E-state index in [0.29, 0.717) is 17.1 Å². The van der Waals surface area contributed by atoms with Gasteiger partial charge in [-0.2, -0.15) is 5.10 Å². The van der Waals surface area contributed by atoms with Crippen molar-refractivity contribution in [2.75, 3.05) is 14.2 Å². The molecule has 0 radical (unpaired) electrons. The Kier molecular flexibility index (Phi) is 5.50. The molecule has 0 spiro atoms. The Morgan fingerprint density at radius 3 is 2.67 bits per heavy atom. The van der Waals surface area contributed by atoms with Gasteiger partial charge in [0.05, 0.1) is 32.9 Å². The Balaban J connectivity index is 1.93. The molecule has 9 nitrogen and oxygen atoms in total. The molecule has 2 rings (SSSR count). The van der Waals surface area contributed by atoms with Gasteiger partial charge in [-0.05, 0) is 23.8 Å². The number of hydrazone groups is 1. The minimum atomic E-state index is -0.660. The van der Waals surface area contributed by atoms with Gasteiger partial charge in [0, 0.05) is 0 Å². The third kappa shape index (κ3) is 4.32. The fraction of sp³-hybridized carbons (Fsp3) is 0.200. The molecule has 0 aliphatic heterocycles. The predicted octanol–water partition coefficient (Wildman–Crippen LogP) is 1.90. The van der Waals surface area contributed by atoms with Crippen molar-refractivity contribution in [1.29, 1.82) is 0 Å². The van der Waals surface area contributed by atoms with E-state index < -0.39 is 10.8 Å². The lowest BCUT2D eigenvalue weighted by molar-refractivity contribution is -0.402. The van der Waals surface area contributed by atoms with E-state index in [0.717, 1.165) is 0 Å². The SMILES string of the molecule is COc1ccc(CC(=O)N/N=C\c2ccc([N+](=O)[O-])o2)cc1OC. The van der Waals surface area contributed by atoms with E-state index in [-0.39, 0.29) is 18.1 Å². The number of ether oxygens (including phenoxy) is 2. The average molecular weight is 333 g/mol. The fourth-order valence-electron chi connectivity index (χ4n) is 1.89. The normalized spacial score (nSPS) is 10.6. The number of amides is 1. The third-order valence-corrected chi connectivity index (χ3v) is 2.99. The summed E-state index contributed by atoms with van der Waals surface area (Å²) in [5.74, 6) is 0.494. The molecule has 0 saturated heterocycles.